The molecular formula is C11H7ClNaO3. The van der Waals surface area contributed by atoms with Gasteiger partial charge < -0.3 is 0 Å². The van der Waals surface area contributed by atoms with Crippen molar-refractivity contribution in [3.63, 3.8) is 0 Å². The van der Waals surface area contributed by atoms with Gasteiger partial charge in [0.15, 0.2) is 0 Å². The summed E-state index contributed by atoms with van der Waals surface area (Å²) >= 11 is 4.85. The van der Waals surface area contributed by atoms with Gasteiger partial charge in [0.05, 0.1) is 5.56 Å². The number of hydrogen-bond acceptors (Lipinski definition) is 3. The number of fused-ring (bicyclic) bond motifs is 1. The van der Waals surface area contributed by atoms with Gasteiger partial charge in [-0.3, -0.25) is 4.89 Å². The Balaban J connectivity index is 0.00000128. The Morgan fingerprint density at radius 1 is 1.06 bits per heavy atom. The van der Waals surface area contributed by atoms with Gasteiger partial charge in [-0.05, 0) is 16.8 Å². The Morgan fingerprint density at radius 2 is 1.75 bits per heavy atom. The van der Waals surface area contributed by atoms with E-state index in [-0.39, 0.29) is 29.6 Å². The van der Waals surface area contributed by atoms with Crippen LogP contribution >= 0.6 is 11.9 Å². The molecule has 0 aliphatic heterocycles. The second-order valence-electron chi connectivity index (χ2n) is 2.96. The molecule has 16 heavy (non-hydrogen) atoms. The molecule has 0 spiro atoms. The molecule has 0 saturated heterocycles. The molecule has 0 saturated carbocycles. The van der Waals surface area contributed by atoms with Crippen molar-refractivity contribution in [2.24, 2.45) is 0 Å². The van der Waals surface area contributed by atoms with Gasteiger partial charge in [-0.1, -0.05) is 40.8 Å². The zero-order chi connectivity index (χ0) is 10.7. The Hall–Kier alpha value is -0.580. The summed E-state index contributed by atoms with van der Waals surface area (Å²) in [5.41, 5.74) is 0.425. The summed E-state index contributed by atoms with van der Waals surface area (Å²) in [4.78, 5) is 15.7. The number of hydrogen-bond donors (Lipinski definition) is 0. The van der Waals surface area contributed by atoms with Crippen molar-refractivity contribution < 1.29 is 14.1 Å². The number of benzene rings is 2. The molecule has 0 atom stereocenters. The molecule has 0 aliphatic rings. The maximum atomic E-state index is 11.4. The maximum Gasteiger partial charge on any atom is 0.375 e. The fraction of sp³-hybridized carbons (Fsp3) is 0. The molecule has 77 valence electrons. The summed E-state index contributed by atoms with van der Waals surface area (Å²) in [7, 11) is 0. The average molecular weight is 246 g/mol. The zero-order valence-electron chi connectivity index (χ0n) is 8.64. The molecule has 0 fully saturated rings. The Kier molecular flexibility index (Phi) is 5.25. The van der Waals surface area contributed by atoms with Gasteiger partial charge in [0.25, 0.3) is 0 Å². The zero-order valence-corrected chi connectivity index (χ0v) is 11.4. The summed E-state index contributed by atoms with van der Waals surface area (Å²) in [5.74, 6) is -0.609. The van der Waals surface area contributed by atoms with Crippen LogP contribution < -0.4 is 0 Å². The van der Waals surface area contributed by atoms with E-state index in [9.17, 15) is 4.79 Å². The summed E-state index contributed by atoms with van der Waals surface area (Å²) < 4.78 is 3.83. The third kappa shape index (κ3) is 2.75. The summed E-state index contributed by atoms with van der Waals surface area (Å²) in [5, 5.41) is 1.76. The standard InChI is InChI=1S/C11H7ClO3.Na/c12-15-14-11(13)10-7-3-5-8-4-1-2-6-9(8)10;/h1-7H;. The minimum Gasteiger partial charge on any atom is -0.275 e. The summed E-state index contributed by atoms with van der Waals surface area (Å²) in [6, 6.07) is 12.8. The van der Waals surface area contributed by atoms with Crippen molar-refractivity contribution in [3.05, 3.63) is 48.0 Å². The van der Waals surface area contributed by atoms with Crippen LogP contribution in [0.2, 0.25) is 0 Å². The quantitative estimate of drug-likeness (QED) is 0.464. The molecule has 3 nitrogen and oxygen atoms in total. The number of halogens is 1. The van der Waals surface area contributed by atoms with E-state index < -0.39 is 5.97 Å². The van der Waals surface area contributed by atoms with Crippen LogP contribution in [-0.4, -0.2) is 35.5 Å². The van der Waals surface area contributed by atoms with Crippen LogP contribution in [-0.2, 0) is 9.33 Å². The van der Waals surface area contributed by atoms with Crippen LogP contribution in [0.5, 0.6) is 0 Å². The Morgan fingerprint density at radius 3 is 2.50 bits per heavy atom. The largest absolute Gasteiger partial charge is 0.375 e. The summed E-state index contributed by atoms with van der Waals surface area (Å²) in [6.07, 6.45) is 0. The third-order valence-corrected chi connectivity index (χ3v) is 2.18. The van der Waals surface area contributed by atoms with E-state index in [0.717, 1.165) is 10.8 Å². The summed E-state index contributed by atoms with van der Waals surface area (Å²) in [6.45, 7) is 0. The second-order valence-corrected chi connectivity index (χ2v) is 3.09. The van der Waals surface area contributed by atoms with E-state index in [0.29, 0.717) is 5.56 Å². The molecule has 2 aromatic carbocycles. The van der Waals surface area contributed by atoms with Crippen molar-refractivity contribution >= 4 is 58.2 Å². The minimum atomic E-state index is -0.609. The first-order chi connectivity index (χ1) is 7.33. The van der Waals surface area contributed by atoms with Gasteiger partial charge in [0, 0.05) is 29.6 Å². The van der Waals surface area contributed by atoms with E-state index in [2.05, 4.69) is 9.33 Å². The van der Waals surface area contributed by atoms with Crippen molar-refractivity contribution in [1.82, 2.24) is 0 Å². The fourth-order valence-electron chi connectivity index (χ4n) is 1.48. The van der Waals surface area contributed by atoms with E-state index in [4.69, 9.17) is 11.9 Å². The first-order valence-corrected chi connectivity index (χ1v) is 4.61. The molecule has 1 radical (unpaired) electrons. The van der Waals surface area contributed by atoms with Gasteiger partial charge in [-0.15, -0.1) is 0 Å². The van der Waals surface area contributed by atoms with E-state index >= 15 is 0 Å². The van der Waals surface area contributed by atoms with Gasteiger partial charge in [-0.25, -0.2) is 4.79 Å². The van der Waals surface area contributed by atoms with Gasteiger partial charge in [0.2, 0.25) is 0 Å². The normalized spacial score (nSPS) is 9.56. The first-order valence-electron chi connectivity index (χ1n) is 4.30. The average Bonchev–Trinajstić information content (AvgIpc) is 2.28. The molecule has 5 heteroatoms. The van der Waals surface area contributed by atoms with Crippen molar-refractivity contribution in [2.75, 3.05) is 0 Å². The Bertz CT molecular complexity index is 496. The molecule has 2 rings (SSSR count). The topological polar surface area (TPSA) is 35.5 Å². The van der Waals surface area contributed by atoms with Crippen molar-refractivity contribution in [3.8, 4) is 0 Å². The van der Waals surface area contributed by atoms with Crippen LogP contribution in [0.4, 0.5) is 0 Å². The predicted octanol–water partition coefficient (Wildman–Crippen LogP) is 2.70. The van der Waals surface area contributed by atoms with Crippen LogP contribution in [0, 0.1) is 0 Å². The van der Waals surface area contributed by atoms with Crippen LogP contribution in [0.1, 0.15) is 10.4 Å². The molecule has 0 aliphatic carbocycles. The third-order valence-electron chi connectivity index (χ3n) is 2.12. The second kappa shape index (κ2) is 6.23. The van der Waals surface area contributed by atoms with Gasteiger partial charge in [-0.2, -0.15) is 0 Å². The number of rotatable bonds is 2. The molecular weight excluding hydrogens is 239 g/mol. The van der Waals surface area contributed by atoms with Crippen molar-refractivity contribution in [2.45, 2.75) is 0 Å². The Labute approximate surface area is 120 Å². The van der Waals surface area contributed by atoms with E-state index in [1.807, 2.05) is 30.3 Å². The predicted molar refractivity (Wildman–Crippen MR) is 62.1 cm³/mol. The SMILES string of the molecule is O=C(OOCl)c1cccc2ccccc12.[Na]. The fourth-order valence-corrected chi connectivity index (χ4v) is 1.53. The molecule has 2 aromatic rings. The van der Waals surface area contributed by atoms with Crippen LogP contribution in [0.3, 0.4) is 0 Å². The smallest absolute Gasteiger partial charge is 0.275 e. The number of carbonyl (C=O) groups is 1. The van der Waals surface area contributed by atoms with Crippen LogP contribution in [0.25, 0.3) is 10.8 Å². The molecule has 0 unspecified atom stereocenters. The van der Waals surface area contributed by atoms with Gasteiger partial charge in [0.1, 0.15) is 11.9 Å². The minimum absolute atomic E-state index is 0. The molecule has 0 aromatic heterocycles. The molecule has 0 N–H and O–H groups in total. The first kappa shape index (κ1) is 13.5. The van der Waals surface area contributed by atoms with E-state index in [1.165, 1.54) is 0 Å². The molecule has 0 bridgehead atoms. The molecule has 0 heterocycles. The van der Waals surface area contributed by atoms with Gasteiger partial charge >= 0.3 is 5.97 Å². The number of carbonyl (C=O) groups excluding carboxylic acids is 1. The van der Waals surface area contributed by atoms with Crippen LogP contribution in [0.15, 0.2) is 42.5 Å². The van der Waals surface area contributed by atoms with E-state index in [1.54, 1.807) is 12.1 Å². The monoisotopic (exact) mass is 245 g/mol. The maximum absolute atomic E-state index is 11.4. The van der Waals surface area contributed by atoms with Crippen molar-refractivity contribution in [1.29, 1.82) is 0 Å². The molecule has 0 amide bonds.